The minimum absolute atomic E-state index is 0.227. The highest BCUT2D eigenvalue weighted by Gasteiger charge is 2.40. The zero-order valence-corrected chi connectivity index (χ0v) is 12.7. The second kappa shape index (κ2) is 5.78. The van der Waals surface area contributed by atoms with Crippen molar-refractivity contribution in [3.05, 3.63) is 28.2 Å². The Hall–Kier alpha value is -0.790. The molecule has 2 heterocycles. The molecule has 0 aromatic heterocycles. The van der Waals surface area contributed by atoms with Gasteiger partial charge in [0.15, 0.2) is 0 Å². The molecule has 3 atom stereocenters. The van der Waals surface area contributed by atoms with E-state index in [1.54, 1.807) is 12.1 Å². The number of benzene rings is 1. The summed E-state index contributed by atoms with van der Waals surface area (Å²) in [7, 11) is 0. The molecule has 3 rings (SSSR count). The number of nitrogens with one attached hydrogen (secondary N) is 1. The highest BCUT2D eigenvalue weighted by Crippen LogP contribution is 2.35. The van der Waals surface area contributed by atoms with Gasteiger partial charge in [-0.15, -0.1) is 13.2 Å². The van der Waals surface area contributed by atoms with Gasteiger partial charge in [0.05, 0.1) is 16.7 Å². The van der Waals surface area contributed by atoms with Crippen LogP contribution in [0.1, 0.15) is 24.8 Å². The van der Waals surface area contributed by atoms with Gasteiger partial charge in [0.1, 0.15) is 5.75 Å². The molecule has 21 heavy (non-hydrogen) atoms. The van der Waals surface area contributed by atoms with Gasteiger partial charge in [-0.3, -0.25) is 0 Å². The fraction of sp³-hybridized carbons (Fsp3) is 0.571. The number of alkyl halides is 3. The van der Waals surface area contributed by atoms with Crippen LogP contribution in [0, 0.1) is 0 Å². The zero-order valence-electron chi connectivity index (χ0n) is 11.1. The maximum absolute atomic E-state index is 12.2. The molecule has 2 aliphatic heterocycles. The summed E-state index contributed by atoms with van der Waals surface area (Å²) in [6, 6.07) is 4.94. The average molecular weight is 366 g/mol. The molecule has 2 fully saturated rings. The molecule has 0 radical (unpaired) electrons. The summed E-state index contributed by atoms with van der Waals surface area (Å²) in [5.74, 6) is -0.227. The summed E-state index contributed by atoms with van der Waals surface area (Å²) in [5, 5.41) is 3.42. The Morgan fingerprint density at radius 3 is 2.71 bits per heavy atom. The second-order valence-corrected chi connectivity index (χ2v) is 6.26. The van der Waals surface area contributed by atoms with Gasteiger partial charge < -0.3 is 14.8 Å². The largest absolute Gasteiger partial charge is 0.573 e. The van der Waals surface area contributed by atoms with Crippen LogP contribution in [0.3, 0.4) is 0 Å². The first kappa shape index (κ1) is 15.1. The Bertz CT molecular complexity index is 523. The lowest BCUT2D eigenvalue weighted by Crippen LogP contribution is -2.36. The number of ether oxygens (including phenoxy) is 2. The molecule has 0 spiro atoms. The molecule has 0 saturated carbocycles. The van der Waals surface area contributed by atoms with Crippen molar-refractivity contribution < 1.29 is 22.6 Å². The molecule has 0 amide bonds. The minimum atomic E-state index is -4.68. The molecule has 116 valence electrons. The molecule has 2 saturated heterocycles. The molecular formula is C14H15BrF3NO2. The third kappa shape index (κ3) is 3.70. The standard InChI is InChI=1S/C14H15BrF3NO2/c15-10-5-8(1-3-12(10)21-14(16,17)18)7-19-11-6-9-2-4-13(11)20-9/h1,3,5,9,11,13,19H,2,4,6-7H2. The van der Waals surface area contributed by atoms with Crippen molar-refractivity contribution in [3.63, 3.8) is 0 Å². The molecule has 1 aromatic carbocycles. The van der Waals surface area contributed by atoms with Crippen LogP contribution in [0.15, 0.2) is 22.7 Å². The van der Waals surface area contributed by atoms with Gasteiger partial charge in [-0.25, -0.2) is 0 Å². The number of fused-ring (bicyclic) bond motifs is 2. The first-order chi connectivity index (χ1) is 9.90. The number of rotatable bonds is 4. The summed E-state index contributed by atoms with van der Waals surface area (Å²) in [6.45, 7) is 0.599. The third-order valence-electron chi connectivity index (χ3n) is 3.90. The molecule has 1 aromatic rings. The fourth-order valence-corrected chi connectivity index (χ4v) is 3.47. The van der Waals surface area contributed by atoms with Crippen LogP contribution in [0.4, 0.5) is 13.2 Å². The van der Waals surface area contributed by atoms with E-state index in [4.69, 9.17) is 4.74 Å². The quantitative estimate of drug-likeness (QED) is 0.881. The van der Waals surface area contributed by atoms with E-state index in [0.717, 1.165) is 24.8 Å². The molecule has 2 bridgehead atoms. The molecule has 7 heteroatoms. The third-order valence-corrected chi connectivity index (χ3v) is 4.52. The van der Waals surface area contributed by atoms with Crippen molar-refractivity contribution in [2.24, 2.45) is 0 Å². The Labute approximate surface area is 128 Å². The summed E-state index contributed by atoms with van der Waals surface area (Å²) >= 11 is 3.11. The highest BCUT2D eigenvalue weighted by molar-refractivity contribution is 9.10. The summed E-state index contributed by atoms with van der Waals surface area (Å²) < 4.78 is 46.5. The lowest BCUT2D eigenvalue weighted by molar-refractivity contribution is -0.274. The SMILES string of the molecule is FC(F)(F)Oc1ccc(CNC2CC3CCC2O3)cc1Br. The van der Waals surface area contributed by atoms with E-state index in [1.807, 2.05) is 0 Å². The Morgan fingerprint density at radius 2 is 2.14 bits per heavy atom. The zero-order chi connectivity index (χ0) is 15.0. The van der Waals surface area contributed by atoms with Crippen molar-refractivity contribution >= 4 is 15.9 Å². The van der Waals surface area contributed by atoms with Gasteiger partial charge in [0.2, 0.25) is 0 Å². The average Bonchev–Trinajstić information content (AvgIpc) is 3.00. The smallest absolute Gasteiger partial charge is 0.405 e. The number of hydrogen-bond acceptors (Lipinski definition) is 3. The summed E-state index contributed by atoms with van der Waals surface area (Å²) in [5.41, 5.74) is 0.902. The molecule has 3 nitrogen and oxygen atoms in total. The topological polar surface area (TPSA) is 30.5 Å². The van der Waals surface area contributed by atoms with E-state index < -0.39 is 6.36 Å². The summed E-state index contributed by atoms with van der Waals surface area (Å²) in [6.07, 6.45) is -0.778. The van der Waals surface area contributed by atoms with E-state index in [1.165, 1.54) is 6.07 Å². The van der Waals surface area contributed by atoms with E-state index in [2.05, 4.69) is 26.0 Å². The van der Waals surface area contributed by atoms with E-state index in [0.29, 0.717) is 23.2 Å². The van der Waals surface area contributed by atoms with Crippen molar-refractivity contribution in [1.82, 2.24) is 5.32 Å². The van der Waals surface area contributed by atoms with Gasteiger partial charge in [0, 0.05) is 12.6 Å². The predicted molar refractivity (Wildman–Crippen MR) is 74.0 cm³/mol. The molecule has 1 N–H and O–H groups in total. The maximum Gasteiger partial charge on any atom is 0.573 e. The molecule has 0 aliphatic carbocycles. The summed E-state index contributed by atoms with van der Waals surface area (Å²) in [4.78, 5) is 0. The Morgan fingerprint density at radius 1 is 1.33 bits per heavy atom. The van der Waals surface area contributed by atoms with Crippen LogP contribution in [0.5, 0.6) is 5.75 Å². The van der Waals surface area contributed by atoms with Crippen LogP contribution >= 0.6 is 15.9 Å². The van der Waals surface area contributed by atoms with Crippen molar-refractivity contribution in [2.45, 2.75) is 50.4 Å². The normalized spacial score (nSPS) is 28.1. The number of halogens is 4. The first-order valence-electron chi connectivity index (χ1n) is 6.84. The minimum Gasteiger partial charge on any atom is -0.405 e. The molecule has 2 aliphatic rings. The van der Waals surface area contributed by atoms with Crippen LogP contribution in [0.2, 0.25) is 0 Å². The van der Waals surface area contributed by atoms with E-state index in [-0.39, 0.29) is 11.9 Å². The monoisotopic (exact) mass is 365 g/mol. The molecular weight excluding hydrogens is 351 g/mol. The van der Waals surface area contributed by atoms with Gasteiger partial charge in [0.25, 0.3) is 0 Å². The van der Waals surface area contributed by atoms with Crippen LogP contribution in [-0.4, -0.2) is 24.6 Å². The number of hydrogen-bond donors (Lipinski definition) is 1. The first-order valence-corrected chi connectivity index (χ1v) is 7.63. The Kier molecular flexibility index (Phi) is 4.16. The predicted octanol–water partition coefficient (Wildman–Crippen LogP) is 3.76. The molecule has 3 unspecified atom stereocenters. The van der Waals surface area contributed by atoms with Crippen molar-refractivity contribution in [1.29, 1.82) is 0 Å². The van der Waals surface area contributed by atoms with Crippen LogP contribution < -0.4 is 10.1 Å². The van der Waals surface area contributed by atoms with E-state index in [9.17, 15) is 13.2 Å². The van der Waals surface area contributed by atoms with Crippen molar-refractivity contribution in [2.75, 3.05) is 0 Å². The van der Waals surface area contributed by atoms with Crippen molar-refractivity contribution in [3.8, 4) is 5.75 Å². The van der Waals surface area contributed by atoms with Gasteiger partial charge in [-0.2, -0.15) is 0 Å². The van der Waals surface area contributed by atoms with Gasteiger partial charge in [-0.05, 0) is 52.9 Å². The van der Waals surface area contributed by atoms with Crippen LogP contribution in [-0.2, 0) is 11.3 Å². The maximum atomic E-state index is 12.2. The van der Waals surface area contributed by atoms with Gasteiger partial charge >= 0.3 is 6.36 Å². The van der Waals surface area contributed by atoms with Crippen LogP contribution in [0.25, 0.3) is 0 Å². The van der Waals surface area contributed by atoms with Gasteiger partial charge in [-0.1, -0.05) is 6.07 Å². The highest BCUT2D eigenvalue weighted by atomic mass is 79.9. The fourth-order valence-electron chi connectivity index (χ4n) is 2.96. The second-order valence-electron chi connectivity index (χ2n) is 5.41. The Balaban J connectivity index is 1.58. The van der Waals surface area contributed by atoms with E-state index >= 15 is 0 Å². The lowest BCUT2D eigenvalue weighted by atomic mass is 9.95. The lowest BCUT2D eigenvalue weighted by Gasteiger charge is -2.20.